The molecule has 0 saturated carbocycles. The standard InChI is InChI=1S/C12H12ClN3O2S/c1-8-6-10(4-5-15-8)16-19(17,18)12-7-9(13)2-3-11(12)14/h2-7H,14H2,1H3,(H,15,16). The van der Waals surface area contributed by atoms with Crippen molar-refractivity contribution in [2.75, 3.05) is 10.5 Å². The van der Waals surface area contributed by atoms with Crippen LogP contribution in [0.15, 0.2) is 41.4 Å². The van der Waals surface area contributed by atoms with Crippen LogP contribution in [0.25, 0.3) is 0 Å². The summed E-state index contributed by atoms with van der Waals surface area (Å²) in [6.07, 6.45) is 1.52. The number of halogens is 1. The molecule has 0 atom stereocenters. The van der Waals surface area contributed by atoms with Gasteiger partial charge >= 0.3 is 0 Å². The second-order valence-electron chi connectivity index (χ2n) is 3.97. The average Bonchev–Trinajstić information content (AvgIpc) is 2.31. The molecule has 2 aromatic rings. The fourth-order valence-corrected chi connectivity index (χ4v) is 3.00. The molecule has 5 nitrogen and oxygen atoms in total. The molecule has 3 N–H and O–H groups in total. The number of anilines is 2. The smallest absolute Gasteiger partial charge is 0.263 e. The Labute approximate surface area is 116 Å². The van der Waals surface area contributed by atoms with E-state index in [0.29, 0.717) is 16.4 Å². The molecule has 1 aromatic carbocycles. The molecule has 1 aromatic heterocycles. The van der Waals surface area contributed by atoms with Crippen molar-refractivity contribution in [3.63, 3.8) is 0 Å². The molecule has 0 aliphatic heterocycles. The lowest BCUT2D eigenvalue weighted by Gasteiger charge is -2.10. The van der Waals surface area contributed by atoms with Crippen LogP contribution >= 0.6 is 11.6 Å². The van der Waals surface area contributed by atoms with Crippen LogP contribution in [0.1, 0.15) is 5.69 Å². The summed E-state index contributed by atoms with van der Waals surface area (Å²) in [7, 11) is -3.77. The van der Waals surface area contributed by atoms with Gasteiger partial charge in [-0.15, -0.1) is 0 Å². The maximum Gasteiger partial charge on any atom is 0.263 e. The Bertz CT molecular complexity index is 717. The minimum atomic E-state index is -3.77. The van der Waals surface area contributed by atoms with Crippen molar-refractivity contribution >= 4 is 33.0 Å². The second-order valence-corrected chi connectivity index (χ2v) is 6.06. The first-order chi connectivity index (χ1) is 8.88. The first-order valence-electron chi connectivity index (χ1n) is 5.39. The second kappa shape index (κ2) is 5.07. The highest BCUT2D eigenvalue weighted by molar-refractivity contribution is 7.92. The maximum atomic E-state index is 12.2. The van der Waals surface area contributed by atoms with Crippen LogP contribution < -0.4 is 10.5 Å². The van der Waals surface area contributed by atoms with Crippen LogP contribution in [-0.2, 0) is 10.0 Å². The molecule has 100 valence electrons. The number of aryl methyl sites for hydroxylation is 1. The SMILES string of the molecule is Cc1cc(NS(=O)(=O)c2cc(Cl)ccc2N)ccn1. The predicted octanol–water partition coefficient (Wildman–Crippen LogP) is 2.43. The van der Waals surface area contributed by atoms with Gasteiger partial charge in [-0.2, -0.15) is 0 Å². The highest BCUT2D eigenvalue weighted by atomic mass is 35.5. The van der Waals surface area contributed by atoms with E-state index >= 15 is 0 Å². The van der Waals surface area contributed by atoms with Gasteiger partial charge in [0.15, 0.2) is 0 Å². The van der Waals surface area contributed by atoms with Crippen molar-refractivity contribution in [2.45, 2.75) is 11.8 Å². The molecule has 0 amide bonds. The fraction of sp³-hybridized carbons (Fsp3) is 0.0833. The largest absolute Gasteiger partial charge is 0.398 e. The predicted molar refractivity (Wildman–Crippen MR) is 75.6 cm³/mol. The highest BCUT2D eigenvalue weighted by Gasteiger charge is 2.18. The van der Waals surface area contributed by atoms with Crippen molar-refractivity contribution in [1.29, 1.82) is 0 Å². The number of hydrogen-bond acceptors (Lipinski definition) is 4. The number of rotatable bonds is 3. The van der Waals surface area contributed by atoms with E-state index < -0.39 is 10.0 Å². The number of sulfonamides is 1. The van der Waals surface area contributed by atoms with Gasteiger partial charge in [0.25, 0.3) is 10.0 Å². The Kier molecular flexibility index (Phi) is 3.64. The van der Waals surface area contributed by atoms with Gasteiger partial charge in [-0.05, 0) is 37.3 Å². The summed E-state index contributed by atoms with van der Waals surface area (Å²) in [6, 6.07) is 7.48. The Morgan fingerprint density at radius 1 is 1.26 bits per heavy atom. The van der Waals surface area contributed by atoms with E-state index in [0.717, 1.165) is 0 Å². The molecule has 2 rings (SSSR count). The lowest BCUT2D eigenvalue weighted by Crippen LogP contribution is -2.15. The molecule has 0 aliphatic carbocycles. The Morgan fingerprint density at radius 3 is 2.68 bits per heavy atom. The molecule has 1 heterocycles. The van der Waals surface area contributed by atoms with E-state index in [1.807, 2.05) is 0 Å². The number of pyridine rings is 1. The monoisotopic (exact) mass is 297 g/mol. The Balaban J connectivity index is 2.40. The third-order valence-corrected chi connectivity index (χ3v) is 4.09. The summed E-state index contributed by atoms with van der Waals surface area (Å²) in [5.41, 5.74) is 6.94. The number of nitrogens with two attached hydrogens (primary N) is 1. The Hall–Kier alpha value is -1.79. The van der Waals surface area contributed by atoms with Gasteiger partial charge in [0.2, 0.25) is 0 Å². The quantitative estimate of drug-likeness (QED) is 0.852. The van der Waals surface area contributed by atoms with Gasteiger partial charge in [0, 0.05) is 16.9 Å². The van der Waals surface area contributed by atoms with Crippen molar-refractivity contribution in [3.8, 4) is 0 Å². The van der Waals surface area contributed by atoms with Crippen LogP contribution in [0.5, 0.6) is 0 Å². The molecular weight excluding hydrogens is 286 g/mol. The molecule has 0 saturated heterocycles. The molecule has 19 heavy (non-hydrogen) atoms. The van der Waals surface area contributed by atoms with E-state index in [9.17, 15) is 8.42 Å². The molecule has 0 bridgehead atoms. The lowest BCUT2D eigenvalue weighted by atomic mass is 10.3. The van der Waals surface area contributed by atoms with E-state index in [1.54, 1.807) is 19.1 Å². The summed E-state index contributed by atoms with van der Waals surface area (Å²) in [4.78, 5) is 3.95. The van der Waals surface area contributed by atoms with Gasteiger partial charge in [-0.1, -0.05) is 11.6 Å². The molecule has 7 heteroatoms. The van der Waals surface area contributed by atoms with Gasteiger partial charge in [0.05, 0.1) is 11.4 Å². The maximum absolute atomic E-state index is 12.2. The molecule has 0 unspecified atom stereocenters. The fourth-order valence-electron chi connectivity index (χ4n) is 1.56. The van der Waals surface area contributed by atoms with Gasteiger partial charge in [-0.3, -0.25) is 9.71 Å². The minimum Gasteiger partial charge on any atom is -0.398 e. The number of nitrogens with zero attached hydrogens (tertiary/aromatic N) is 1. The number of aromatic nitrogens is 1. The van der Waals surface area contributed by atoms with Crippen LogP contribution in [0.3, 0.4) is 0 Å². The molecule has 0 radical (unpaired) electrons. The first-order valence-corrected chi connectivity index (χ1v) is 7.25. The van der Waals surface area contributed by atoms with E-state index in [4.69, 9.17) is 17.3 Å². The zero-order chi connectivity index (χ0) is 14.0. The average molecular weight is 298 g/mol. The highest BCUT2D eigenvalue weighted by Crippen LogP contribution is 2.24. The van der Waals surface area contributed by atoms with Crippen LogP contribution in [0.2, 0.25) is 5.02 Å². The first kappa shape index (κ1) is 13.6. The third-order valence-electron chi connectivity index (χ3n) is 2.41. The number of benzene rings is 1. The van der Waals surface area contributed by atoms with Crippen molar-refractivity contribution in [3.05, 3.63) is 47.2 Å². The molecule has 0 aliphatic rings. The molecule has 0 fully saturated rings. The topological polar surface area (TPSA) is 85.1 Å². The van der Waals surface area contributed by atoms with Crippen LogP contribution in [0.4, 0.5) is 11.4 Å². The lowest BCUT2D eigenvalue weighted by molar-refractivity contribution is 0.601. The zero-order valence-corrected chi connectivity index (χ0v) is 11.7. The van der Waals surface area contributed by atoms with E-state index in [-0.39, 0.29) is 10.6 Å². The van der Waals surface area contributed by atoms with Crippen molar-refractivity contribution in [2.24, 2.45) is 0 Å². The van der Waals surface area contributed by atoms with Gasteiger partial charge < -0.3 is 5.73 Å². The zero-order valence-electron chi connectivity index (χ0n) is 10.1. The van der Waals surface area contributed by atoms with Crippen molar-refractivity contribution < 1.29 is 8.42 Å². The minimum absolute atomic E-state index is 0.0468. The summed E-state index contributed by atoms with van der Waals surface area (Å²) in [6.45, 7) is 1.77. The van der Waals surface area contributed by atoms with E-state index in [2.05, 4.69) is 9.71 Å². The summed E-state index contributed by atoms with van der Waals surface area (Å²) in [5.74, 6) is 0. The van der Waals surface area contributed by atoms with Crippen molar-refractivity contribution in [1.82, 2.24) is 4.98 Å². The summed E-state index contributed by atoms with van der Waals surface area (Å²) >= 11 is 5.79. The summed E-state index contributed by atoms with van der Waals surface area (Å²) < 4.78 is 26.9. The Morgan fingerprint density at radius 2 is 2.00 bits per heavy atom. The summed E-state index contributed by atoms with van der Waals surface area (Å²) in [5, 5.41) is 0.306. The van der Waals surface area contributed by atoms with Gasteiger partial charge in [-0.25, -0.2) is 8.42 Å². The number of nitrogen functional groups attached to an aromatic ring is 1. The number of nitrogens with one attached hydrogen (secondary N) is 1. The van der Waals surface area contributed by atoms with Crippen LogP contribution in [0, 0.1) is 6.92 Å². The normalized spacial score (nSPS) is 11.3. The number of hydrogen-bond donors (Lipinski definition) is 2. The third kappa shape index (κ3) is 3.15. The molecular formula is C12H12ClN3O2S. The van der Waals surface area contributed by atoms with Crippen LogP contribution in [-0.4, -0.2) is 13.4 Å². The molecule has 0 spiro atoms. The van der Waals surface area contributed by atoms with Gasteiger partial charge in [0.1, 0.15) is 4.90 Å². The van der Waals surface area contributed by atoms with E-state index in [1.165, 1.54) is 24.4 Å².